The van der Waals surface area contributed by atoms with E-state index < -0.39 is 24.5 Å². The Morgan fingerprint density at radius 1 is 0.971 bits per heavy atom. The third kappa shape index (κ3) is 4.09. The summed E-state index contributed by atoms with van der Waals surface area (Å²) in [6.07, 6.45) is 2.96. The van der Waals surface area contributed by atoms with E-state index in [1.165, 1.54) is 0 Å². The molecular formula is C26H25ClN2O5. The second-order valence-electron chi connectivity index (χ2n) is 9.27. The molecule has 176 valence electrons. The highest BCUT2D eigenvalue weighted by molar-refractivity contribution is 6.33. The molecule has 1 heterocycles. The fourth-order valence-corrected chi connectivity index (χ4v) is 6.02. The molecule has 0 spiro atoms. The zero-order valence-corrected chi connectivity index (χ0v) is 19.2. The number of rotatable bonds is 7. The lowest BCUT2D eigenvalue weighted by Crippen LogP contribution is -2.48. The number of esters is 1. The maximum atomic E-state index is 13.3. The molecule has 0 aromatic heterocycles. The molecule has 0 unspecified atom stereocenters. The van der Waals surface area contributed by atoms with Gasteiger partial charge in [0.05, 0.1) is 22.5 Å². The highest BCUT2D eigenvalue weighted by atomic mass is 35.5. The minimum Gasteiger partial charge on any atom is -0.454 e. The molecule has 1 aliphatic heterocycles. The predicted octanol–water partition coefficient (Wildman–Crippen LogP) is 3.46. The number of anilines is 1. The first kappa shape index (κ1) is 22.6. The van der Waals surface area contributed by atoms with Gasteiger partial charge in [0.15, 0.2) is 6.61 Å². The van der Waals surface area contributed by atoms with E-state index in [-0.39, 0.29) is 41.9 Å². The number of imide groups is 1. The fourth-order valence-electron chi connectivity index (χ4n) is 5.84. The molecule has 3 aliphatic rings. The lowest BCUT2D eigenvalue weighted by Gasteiger charge is -2.26. The van der Waals surface area contributed by atoms with Gasteiger partial charge in [-0.05, 0) is 48.8 Å². The summed E-state index contributed by atoms with van der Waals surface area (Å²) in [5.74, 6) is -2.12. The molecule has 2 aromatic rings. The topological polar surface area (TPSA) is 92.8 Å². The van der Waals surface area contributed by atoms with E-state index in [1.807, 2.05) is 30.3 Å². The third-order valence-corrected chi connectivity index (χ3v) is 7.64. The van der Waals surface area contributed by atoms with Crippen molar-refractivity contribution in [3.8, 4) is 0 Å². The molecule has 5 atom stereocenters. The van der Waals surface area contributed by atoms with Crippen LogP contribution < -0.4 is 5.32 Å². The lowest BCUT2D eigenvalue weighted by molar-refractivity contribution is -0.160. The van der Waals surface area contributed by atoms with Crippen molar-refractivity contribution in [3.63, 3.8) is 0 Å². The third-order valence-electron chi connectivity index (χ3n) is 7.31. The monoisotopic (exact) mass is 480 g/mol. The van der Waals surface area contributed by atoms with Gasteiger partial charge < -0.3 is 10.1 Å². The number of carbonyl (C=O) groups is 4. The van der Waals surface area contributed by atoms with E-state index in [0.29, 0.717) is 10.7 Å². The maximum absolute atomic E-state index is 13.3. The van der Waals surface area contributed by atoms with Crippen LogP contribution in [-0.4, -0.2) is 41.2 Å². The summed E-state index contributed by atoms with van der Waals surface area (Å²) in [5.41, 5.74) is 1.20. The molecule has 8 heteroatoms. The normalized spacial score (nSPS) is 25.9. The number of benzene rings is 2. The fraction of sp³-hybridized carbons (Fsp3) is 0.385. The van der Waals surface area contributed by atoms with E-state index in [4.69, 9.17) is 16.3 Å². The number of carbonyl (C=O) groups excluding carboxylic acids is 4. The summed E-state index contributed by atoms with van der Waals surface area (Å²) in [5, 5.41) is 2.96. The van der Waals surface area contributed by atoms with Gasteiger partial charge in [-0.15, -0.1) is 0 Å². The Balaban J connectivity index is 1.32. The van der Waals surface area contributed by atoms with E-state index in [2.05, 4.69) is 5.32 Å². The van der Waals surface area contributed by atoms with Gasteiger partial charge in [-0.2, -0.15) is 0 Å². The van der Waals surface area contributed by atoms with Crippen molar-refractivity contribution < 1.29 is 23.9 Å². The maximum Gasteiger partial charge on any atom is 0.330 e. The summed E-state index contributed by atoms with van der Waals surface area (Å²) < 4.78 is 5.31. The number of nitrogens with one attached hydrogen (secondary N) is 1. The zero-order chi connectivity index (χ0) is 23.8. The average Bonchev–Trinajstić information content (AvgIpc) is 3.52. The molecule has 2 saturated carbocycles. The molecule has 2 aliphatic carbocycles. The summed E-state index contributed by atoms with van der Waals surface area (Å²) in [7, 11) is 0. The van der Waals surface area contributed by atoms with Crippen LogP contribution in [0.1, 0.15) is 24.8 Å². The van der Waals surface area contributed by atoms with Crippen LogP contribution in [0, 0.1) is 23.7 Å². The Labute approximate surface area is 202 Å². The van der Waals surface area contributed by atoms with Crippen LogP contribution in [-0.2, 0) is 30.3 Å². The SMILES string of the molecule is O=C(COC(=O)[C@H](Cc1ccccc1)N1C(=O)[C@H]2[C@H]3CC[C@@H](C3)[C@@H]2C1=O)Nc1ccccc1Cl. The van der Waals surface area contributed by atoms with Crippen LogP contribution >= 0.6 is 11.6 Å². The van der Waals surface area contributed by atoms with Crippen molar-refractivity contribution in [1.82, 2.24) is 4.90 Å². The van der Waals surface area contributed by atoms with Gasteiger partial charge in [-0.1, -0.05) is 54.1 Å². The van der Waals surface area contributed by atoms with Gasteiger partial charge in [-0.25, -0.2) is 4.79 Å². The van der Waals surface area contributed by atoms with Crippen LogP contribution in [0.4, 0.5) is 5.69 Å². The van der Waals surface area contributed by atoms with Gasteiger partial charge in [0.1, 0.15) is 6.04 Å². The van der Waals surface area contributed by atoms with Gasteiger partial charge in [0, 0.05) is 6.42 Å². The number of hydrogen-bond acceptors (Lipinski definition) is 5. The highest BCUT2D eigenvalue weighted by Crippen LogP contribution is 2.56. The summed E-state index contributed by atoms with van der Waals surface area (Å²) >= 11 is 6.06. The van der Waals surface area contributed by atoms with Crippen LogP contribution in [0.2, 0.25) is 5.02 Å². The smallest absolute Gasteiger partial charge is 0.330 e. The van der Waals surface area contributed by atoms with E-state index in [9.17, 15) is 19.2 Å². The van der Waals surface area contributed by atoms with Crippen molar-refractivity contribution in [2.45, 2.75) is 31.7 Å². The van der Waals surface area contributed by atoms with Crippen molar-refractivity contribution in [2.75, 3.05) is 11.9 Å². The number of amides is 3. The highest BCUT2D eigenvalue weighted by Gasteiger charge is 2.62. The first-order valence-corrected chi connectivity index (χ1v) is 11.9. The quantitative estimate of drug-likeness (QED) is 0.484. The van der Waals surface area contributed by atoms with Crippen LogP contribution in [0.15, 0.2) is 54.6 Å². The number of hydrogen-bond donors (Lipinski definition) is 1. The molecule has 5 rings (SSSR count). The molecule has 1 saturated heterocycles. The Morgan fingerprint density at radius 2 is 1.59 bits per heavy atom. The minimum atomic E-state index is -1.11. The number of para-hydroxylation sites is 1. The number of likely N-dealkylation sites (tertiary alicyclic amines) is 1. The van der Waals surface area contributed by atoms with Crippen molar-refractivity contribution >= 4 is 41.0 Å². The minimum absolute atomic E-state index is 0.137. The molecule has 34 heavy (non-hydrogen) atoms. The molecule has 0 radical (unpaired) electrons. The number of nitrogens with zero attached hydrogens (tertiary/aromatic N) is 1. The number of halogens is 1. The summed E-state index contributed by atoms with van der Waals surface area (Å²) in [4.78, 5) is 53.3. The molecule has 2 aromatic carbocycles. The Morgan fingerprint density at radius 3 is 2.24 bits per heavy atom. The van der Waals surface area contributed by atoms with E-state index in [0.717, 1.165) is 29.7 Å². The van der Waals surface area contributed by atoms with Gasteiger partial charge >= 0.3 is 5.97 Å². The average molecular weight is 481 g/mol. The Bertz CT molecular complexity index is 1110. The van der Waals surface area contributed by atoms with Gasteiger partial charge in [0.25, 0.3) is 5.91 Å². The largest absolute Gasteiger partial charge is 0.454 e. The first-order valence-electron chi connectivity index (χ1n) is 11.6. The van der Waals surface area contributed by atoms with Crippen molar-refractivity contribution in [1.29, 1.82) is 0 Å². The zero-order valence-electron chi connectivity index (χ0n) is 18.5. The first-order chi connectivity index (χ1) is 16.4. The predicted molar refractivity (Wildman–Crippen MR) is 125 cm³/mol. The molecular weight excluding hydrogens is 456 g/mol. The second-order valence-corrected chi connectivity index (χ2v) is 9.68. The standard InChI is InChI=1S/C26H25ClN2O5/c27-18-8-4-5-9-19(18)28-21(30)14-34-26(33)20(12-15-6-2-1-3-7-15)29-24(31)22-16-10-11-17(13-16)23(22)25(29)32/h1-9,16-17,20,22-23H,10-14H2,(H,28,30)/t16-,17-,20-,22-,23-/m0/s1. The van der Waals surface area contributed by atoms with Gasteiger partial charge in [0.2, 0.25) is 11.8 Å². The summed E-state index contributed by atoms with van der Waals surface area (Å²) in [6.45, 7) is -0.552. The van der Waals surface area contributed by atoms with Crippen molar-refractivity contribution in [3.05, 3.63) is 65.2 Å². The van der Waals surface area contributed by atoms with E-state index >= 15 is 0 Å². The molecule has 3 fully saturated rings. The van der Waals surface area contributed by atoms with Crippen LogP contribution in [0.5, 0.6) is 0 Å². The Hall–Kier alpha value is -3.19. The number of ether oxygens (including phenoxy) is 1. The van der Waals surface area contributed by atoms with Gasteiger partial charge in [-0.3, -0.25) is 19.3 Å². The van der Waals surface area contributed by atoms with Crippen LogP contribution in [0.25, 0.3) is 0 Å². The second kappa shape index (κ2) is 9.22. The number of fused-ring (bicyclic) bond motifs is 5. The lowest BCUT2D eigenvalue weighted by atomic mass is 9.81. The molecule has 1 N–H and O–H groups in total. The Kier molecular flexibility index (Phi) is 6.13. The molecule has 7 nitrogen and oxygen atoms in total. The molecule has 2 bridgehead atoms. The van der Waals surface area contributed by atoms with Crippen LogP contribution in [0.3, 0.4) is 0 Å². The molecule has 3 amide bonds. The van der Waals surface area contributed by atoms with Crippen molar-refractivity contribution in [2.24, 2.45) is 23.7 Å². The summed E-state index contributed by atoms with van der Waals surface area (Å²) in [6, 6.07) is 14.8. The van der Waals surface area contributed by atoms with E-state index in [1.54, 1.807) is 24.3 Å².